The van der Waals surface area contributed by atoms with Crippen LogP contribution in [0, 0.1) is 11.6 Å². The number of nitrogens with zero attached hydrogens (tertiary/aromatic N) is 6. The molecule has 0 bridgehead atoms. The van der Waals surface area contributed by atoms with E-state index >= 15 is 0 Å². The number of benzene rings is 4. The second-order valence-corrected chi connectivity index (χ2v) is 24.3. The summed E-state index contributed by atoms with van der Waals surface area (Å²) in [5, 5.41) is 11.0. The van der Waals surface area contributed by atoms with Crippen molar-refractivity contribution in [2.24, 2.45) is 4.99 Å². The number of anilines is 1. The van der Waals surface area contributed by atoms with Gasteiger partial charge in [-0.3, -0.25) is 28.8 Å². The van der Waals surface area contributed by atoms with E-state index in [-0.39, 0.29) is 148 Å². The number of carbonyl (C=O) groups is 7. The molecule has 96 heavy (non-hydrogen) atoms. The molecule has 0 spiro atoms. The van der Waals surface area contributed by atoms with Gasteiger partial charge in [0.1, 0.15) is 49.2 Å². The molecule has 2 aromatic heterocycles. The predicted octanol–water partition coefficient (Wildman–Crippen LogP) is 12.3. The molecule has 6 amide bonds. The number of halogens is 11. The first-order valence-electron chi connectivity index (χ1n) is 30.4. The molecule has 19 nitrogen and oxygen atoms in total. The van der Waals surface area contributed by atoms with E-state index < -0.39 is 84.1 Å². The number of nitrogens with one attached hydrogen (secondary N) is 4. The van der Waals surface area contributed by atoms with Crippen LogP contribution in [0.1, 0.15) is 111 Å². The molecule has 520 valence electrons. The van der Waals surface area contributed by atoms with E-state index in [2.05, 4.69) is 33.2 Å². The van der Waals surface area contributed by atoms with Crippen LogP contribution in [0.4, 0.5) is 51.3 Å². The van der Waals surface area contributed by atoms with Crippen molar-refractivity contribution in [1.82, 2.24) is 39.8 Å². The van der Waals surface area contributed by atoms with Gasteiger partial charge in [0.05, 0.1) is 48.0 Å². The molecule has 5 saturated heterocycles. The lowest BCUT2D eigenvalue weighted by atomic mass is 10.1. The van der Waals surface area contributed by atoms with E-state index in [9.17, 15) is 73.5 Å². The van der Waals surface area contributed by atoms with E-state index in [1.165, 1.54) is 109 Å². The van der Waals surface area contributed by atoms with E-state index in [0.717, 1.165) is 27.9 Å². The Morgan fingerprint density at radius 3 is 1.65 bits per heavy atom. The molecule has 11 rings (SSSR count). The highest BCUT2D eigenvalue weighted by Gasteiger charge is 2.42. The van der Waals surface area contributed by atoms with Gasteiger partial charge in [0.2, 0.25) is 29.7 Å². The first-order chi connectivity index (χ1) is 44.6. The monoisotopic (exact) mass is 1410 g/mol. The highest BCUT2D eigenvalue weighted by molar-refractivity contribution is 6.31. The minimum Gasteiger partial charge on any atom is -0.379 e. The summed E-state index contributed by atoms with van der Waals surface area (Å²) in [4.78, 5) is 107. The topological polar surface area (TPSA) is 226 Å². The summed E-state index contributed by atoms with van der Waals surface area (Å²) in [6, 6.07) is 15.1. The second-order valence-electron chi connectivity index (χ2n) is 23.5. The Kier molecular flexibility index (Phi) is 27.6. The number of amides is 6. The molecule has 5 aliphatic rings. The zero-order chi connectivity index (χ0) is 68.2. The van der Waals surface area contributed by atoms with Gasteiger partial charge < -0.3 is 49.8 Å². The van der Waals surface area contributed by atoms with Crippen molar-refractivity contribution in [3.05, 3.63) is 129 Å². The van der Waals surface area contributed by atoms with Crippen LogP contribution in [0.25, 0.3) is 21.8 Å². The van der Waals surface area contributed by atoms with Crippen LogP contribution in [0.2, 0.25) is 10.0 Å². The molecular formula is C66H75Cl3F8N10O9. The molecule has 30 heteroatoms. The Balaban J connectivity index is 0.000000250. The van der Waals surface area contributed by atoms with E-state index in [0.29, 0.717) is 45.6 Å². The van der Waals surface area contributed by atoms with Crippen molar-refractivity contribution in [2.75, 3.05) is 51.2 Å². The SMILES string of the molecule is C.CC(=O)c1cn(CC(=O)N2C[C@H](F)C[C@H]2C(=O)NCc2cccc(Cl)c2F)c2ccc(N=C=O)cc12.CC(=O)c1cn(CC(=O)N2C[C@H](F)C[C@H]2C(=O)NCc2cccc(Cl)c2F)c2ccc(NC(=O)N3CCCC(F)(F)C3)cc12.CC1CCCO1.Cl.FC1(F)CCCNC1. The van der Waals surface area contributed by atoms with Crippen molar-refractivity contribution in [3.8, 4) is 0 Å². The van der Waals surface area contributed by atoms with E-state index in [4.69, 9.17) is 27.9 Å². The van der Waals surface area contributed by atoms with Gasteiger partial charge in [-0.25, -0.2) is 44.7 Å². The molecule has 6 aromatic rings. The van der Waals surface area contributed by atoms with Crippen molar-refractivity contribution in [1.29, 1.82) is 0 Å². The van der Waals surface area contributed by atoms with Gasteiger partial charge in [-0.2, -0.15) is 4.99 Å². The maximum atomic E-state index is 14.5. The zero-order valence-electron chi connectivity index (χ0n) is 52.0. The minimum absolute atomic E-state index is 0. The fourth-order valence-corrected chi connectivity index (χ4v) is 12.0. The average Bonchev–Trinajstić information content (AvgIpc) is 1.63. The Labute approximate surface area is 565 Å². The molecule has 5 aliphatic heterocycles. The summed E-state index contributed by atoms with van der Waals surface area (Å²) in [6.45, 7) is 4.40. The third kappa shape index (κ3) is 20.1. The molecule has 5 fully saturated rings. The summed E-state index contributed by atoms with van der Waals surface area (Å²) in [5.41, 5.74) is 2.44. The number of aliphatic imine (C=N–C) groups is 1. The third-order valence-electron chi connectivity index (χ3n) is 16.4. The number of ether oxygens (including phenoxy) is 1. The molecule has 4 aromatic carbocycles. The highest BCUT2D eigenvalue weighted by Crippen LogP contribution is 2.32. The van der Waals surface area contributed by atoms with Gasteiger partial charge in [0, 0.05) is 114 Å². The van der Waals surface area contributed by atoms with E-state index in [1.807, 2.05) is 0 Å². The molecule has 0 aliphatic carbocycles. The van der Waals surface area contributed by atoms with Crippen molar-refractivity contribution in [3.63, 3.8) is 0 Å². The third-order valence-corrected chi connectivity index (χ3v) is 17.0. The molecule has 0 radical (unpaired) electrons. The largest absolute Gasteiger partial charge is 0.379 e. The summed E-state index contributed by atoms with van der Waals surface area (Å²) in [6.07, 6.45) is 4.77. The lowest BCUT2D eigenvalue weighted by Gasteiger charge is -2.32. The van der Waals surface area contributed by atoms with Gasteiger partial charge in [-0.15, -0.1) is 12.4 Å². The maximum Gasteiger partial charge on any atom is 0.322 e. The zero-order valence-corrected chi connectivity index (χ0v) is 54.3. The lowest BCUT2D eigenvalue weighted by molar-refractivity contribution is -0.139. The Morgan fingerprint density at radius 2 is 1.22 bits per heavy atom. The van der Waals surface area contributed by atoms with Gasteiger partial charge >= 0.3 is 6.03 Å². The standard InChI is InChI=1S/C30H30ClF4N5O4.C25H21ClF2N4O4.C5H9F2N.C5H10O.CH4.ClH/c1-17(41)22-14-39(24-7-6-20(11-21(22)24)37-29(44)38-9-3-8-30(34,35)16-38)15-26(42)40-13-19(32)10-25(40)28(43)36-12-18-4-2-5-23(31)27(18)33;1-14(34)19-11-31(21-6-5-17(30-13-33)8-18(19)21)12-23(35)32-10-16(27)7-22(32)25(36)29-9-15-3-2-4-20(26)24(15)28;6-5(7)2-1-3-8-4-5;1-5-3-2-4-6-5;;/h2,4-7,11,14,19,25H,3,8-10,12-13,15-16H2,1H3,(H,36,43)(H,37,44);2-6,8,11,16,22H,7,9-10,12H2,1H3,(H,29,36);8H,1-4H2;5H,2-4H2,1H3;1H4;1H/t19-,25+;16-,22+;;;;/m11..../s1. The average molecular weight is 1410 g/mol. The van der Waals surface area contributed by atoms with Gasteiger partial charge in [0.15, 0.2) is 11.6 Å². The highest BCUT2D eigenvalue weighted by atomic mass is 35.5. The molecule has 5 atom stereocenters. The normalized spacial score (nSPS) is 19.9. The van der Waals surface area contributed by atoms with Gasteiger partial charge in [-0.1, -0.05) is 54.9 Å². The number of hydrogen-bond acceptors (Lipinski definition) is 11. The number of fused-ring (bicyclic) bond motifs is 2. The quantitative estimate of drug-likeness (QED) is 0.0349. The number of likely N-dealkylation sites (tertiary alicyclic amines) is 3. The number of urea groups is 1. The number of hydrogen-bond donors (Lipinski definition) is 4. The molecular weight excluding hydrogens is 1340 g/mol. The number of aromatic nitrogens is 2. The first kappa shape index (κ1) is 77.1. The van der Waals surface area contributed by atoms with Crippen LogP contribution in [0.15, 0.2) is 90.2 Å². The van der Waals surface area contributed by atoms with Crippen LogP contribution in [0.5, 0.6) is 0 Å². The summed E-state index contributed by atoms with van der Waals surface area (Å²) >= 11 is 11.6. The fraction of sp³-hybridized carbons (Fsp3) is 0.455. The van der Waals surface area contributed by atoms with Crippen molar-refractivity contribution < 1.29 is 78.2 Å². The van der Waals surface area contributed by atoms with Gasteiger partial charge in [-0.05, 0) is 102 Å². The first-order valence-corrected chi connectivity index (χ1v) is 31.2. The Bertz CT molecular complexity index is 3840. The summed E-state index contributed by atoms with van der Waals surface area (Å²) in [7, 11) is 0. The van der Waals surface area contributed by atoms with Crippen LogP contribution in [-0.4, -0.2) is 159 Å². The number of piperidine rings is 2. The summed E-state index contributed by atoms with van der Waals surface area (Å²) in [5.74, 6) is -9.67. The molecule has 7 heterocycles. The number of alkyl halides is 6. The lowest BCUT2D eigenvalue weighted by Crippen LogP contribution is -2.47. The van der Waals surface area contributed by atoms with Crippen LogP contribution in [-0.2, 0) is 54.9 Å². The molecule has 1 unspecified atom stereocenters. The Hall–Kier alpha value is -7.94. The van der Waals surface area contributed by atoms with Crippen molar-refractivity contribution in [2.45, 2.75) is 148 Å². The second kappa shape index (κ2) is 34.3. The minimum atomic E-state index is -2.96. The van der Waals surface area contributed by atoms with Crippen LogP contribution < -0.4 is 21.3 Å². The molecule has 0 saturated carbocycles. The number of ketones is 2. The summed E-state index contributed by atoms with van der Waals surface area (Å²) < 4.78 is 117. The number of Topliss-reactive ketones (excluding diaryl/α,β-unsaturated/α-hetero) is 2. The fourth-order valence-electron chi connectivity index (χ4n) is 11.6. The molecule has 4 N–H and O–H groups in total. The maximum absolute atomic E-state index is 14.5. The van der Waals surface area contributed by atoms with E-state index in [1.54, 1.807) is 18.2 Å². The van der Waals surface area contributed by atoms with Gasteiger partial charge in [0.25, 0.3) is 11.8 Å². The number of carbonyl (C=O) groups excluding carboxylic acids is 8. The van der Waals surface area contributed by atoms with Crippen molar-refractivity contribution >= 4 is 116 Å². The Morgan fingerprint density at radius 1 is 0.708 bits per heavy atom. The predicted molar refractivity (Wildman–Crippen MR) is 349 cm³/mol. The number of isocyanates is 1. The van der Waals surface area contributed by atoms with Crippen LogP contribution >= 0.6 is 35.6 Å². The number of rotatable bonds is 14. The smallest absolute Gasteiger partial charge is 0.322 e. The van der Waals surface area contributed by atoms with Crippen LogP contribution in [0.3, 0.4) is 0 Å².